The van der Waals surface area contributed by atoms with Crippen LogP contribution in [0, 0.1) is 6.92 Å². The molecular weight excluding hydrogens is 488 g/mol. The van der Waals surface area contributed by atoms with Gasteiger partial charge in [0.15, 0.2) is 17.3 Å². The van der Waals surface area contributed by atoms with E-state index in [2.05, 4.69) is 34.7 Å². The van der Waals surface area contributed by atoms with Gasteiger partial charge in [0.05, 0.1) is 0 Å². The number of nitrogens with one attached hydrogen (secondary N) is 2. The number of esters is 1. The fourth-order valence-electron chi connectivity index (χ4n) is 2.69. The summed E-state index contributed by atoms with van der Waals surface area (Å²) in [7, 11) is 0. The first-order valence-electron chi connectivity index (χ1n) is 10.8. The SMILES string of the molecule is Cc1oc(=O)oc1C(=O)Oc1ccccc1/N=N/c1ccc(NC(=O)CNC(=O)OC(C)(C)C)nc1N. The van der Waals surface area contributed by atoms with Crippen LogP contribution in [0.5, 0.6) is 5.75 Å². The van der Waals surface area contributed by atoms with Crippen LogP contribution in [0.1, 0.15) is 37.1 Å². The Balaban J connectivity index is 1.64. The fraction of sp³-hybridized carbons (Fsp3) is 0.261. The molecule has 37 heavy (non-hydrogen) atoms. The summed E-state index contributed by atoms with van der Waals surface area (Å²) in [4.78, 5) is 51.3. The van der Waals surface area contributed by atoms with Crippen molar-refractivity contribution in [1.29, 1.82) is 0 Å². The number of hydrogen-bond donors (Lipinski definition) is 3. The van der Waals surface area contributed by atoms with Crippen molar-refractivity contribution in [2.45, 2.75) is 33.3 Å². The number of nitrogens with two attached hydrogens (primary N) is 1. The molecule has 2 heterocycles. The summed E-state index contributed by atoms with van der Waals surface area (Å²) in [6.07, 6.45) is -0.735. The zero-order valence-corrected chi connectivity index (χ0v) is 20.4. The van der Waals surface area contributed by atoms with Crippen LogP contribution in [0.25, 0.3) is 0 Å². The molecule has 0 spiro atoms. The summed E-state index contributed by atoms with van der Waals surface area (Å²) in [6, 6.07) is 9.13. The molecule has 0 aliphatic carbocycles. The van der Waals surface area contributed by atoms with Crippen molar-refractivity contribution in [3.8, 4) is 5.75 Å². The Bertz CT molecular complexity index is 1400. The van der Waals surface area contributed by atoms with E-state index in [-0.39, 0.29) is 46.8 Å². The maximum atomic E-state index is 12.3. The highest BCUT2D eigenvalue weighted by Gasteiger charge is 2.21. The zero-order valence-electron chi connectivity index (χ0n) is 20.4. The van der Waals surface area contributed by atoms with Crippen molar-refractivity contribution in [3.05, 3.63) is 58.5 Å². The summed E-state index contributed by atoms with van der Waals surface area (Å²) in [5.41, 5.74) is 5.57. The quantitative estimate of drug-likeness (QED) is 0.238. The number of carbonyl (C=O) groups excluding carboxylic acids is 3. The van der Waals surface area contributed by atoms with Gasteiger partial charge in [0.1, 0.15) is 29.3 Å². The number of carbonyl (C=O) groups is 3. The van der Waals surface area contributed by atoms with Gasteiger partial charge in [-0.05, 0) is 52.0 Å². The number of aryl methyl sites for hydroxylation is 1. The van der Waals surface area contributed by atoms with Gasteiger partial charge in [-0.25, -0.2) is 19.4 Å². The van der Waals surface area contributed by atoms with Crippen molar-refractivity contribution >= 4 is 41.0 Å². The Morgan fingerprint density at radius 3 is 2.41 bits per heavy atom. The Morgan fingerprint density at radius 2 is 1.76 bits per heavy atom. The number of alkyl carbamates (subject to hydrolysis) is 1. The molecule has 0 unspecified atom stereocenters. The summed E-state index contributed by atoms with van der Waals surface area (Å²) < 4.78 is 19.7. The normalized spacial score (nSPS) is 11.2. The van der Waals surface area contributed by atoms with E-state index >= 15 is 0 Å². The molecule has 0 atom stereocenters. The number of nitrogens with zero attached hydrogens (tertiary/aromatic N) is 3. The minimum Gasteiger partial charge on any atom is -0.444 e. The number of ether oxygens (including phenoxy) is 2. The topological polar surface area (TPSA) is 201 Å². The molecule has 0 fully saturated rings. The molecule has 3 rings (SSSR count). The predicted octanol–water partition coefficient (Wildman–Crippen LogP) is 3.62. The maximum absolute atomic E-state index is 12.3. The van der Waals surface area contributed by atoms with Crippen LogP contribution >= 0.6 is 0 Å². The Morgan fingerprint density at radius 1 is 1.05 bits per heavy atom. The van der Waals surface area contributed by atoms with E-state index in [0.717, 1.165) is 0 Å². The highest BCUT2D eigenvalue weighted by Crippen LogP contribution is 2.31. The van der Waals surface area contributed by atoms with Gasteiger partial charge in [-0.3, -0.25) is 4.79 Å². The van der Waals surface area contributed by atoms with E-state index in [0.29, 0.717) is 0 Å². The smallest absolute Gasteiger partial charge is 0.444 e. The molecule has 0 saturated heterocycles. The van der Waals surface area contributed by atoms with Gasteiger partial charge in [0.2, 0.25) is 5.91 Å². The van der Waals surface area contributed by atoms with Gasteiger partial charge in [0, 0.05) is 0 Å². The van der Waals surface area contributed by atoms with Gasteiger partial charge in [-0.15, -0.1) is 10.2 Å². The van der Waals surface area contributed by atoms with Gasteiger partial charge in [-0.1, -0.05) is 12.1 Å². The minimum absolute atomic E-state index is 0.0271. The van der Waals surface area contributed by atoms with E-state index in [9.17, 15) is 19.2 Å². The average Bonchev–Trinajstić information content (AvgIpc) is 3.15. The molecule has 14 heteroatoms. The lowest BCUT2D eigenvalue weighted by Crippen LogP contribution is -2.37. The van der Waals surface area contributed by atoms with Crippen molar-refractivity contribution in [1.82, 2.24) is 10.3 Å². The van der Waals surface area contributed by atoms with Crippen LogP contribution in [0.4, 0.5) is 27.8 Å². The third-order valence-electron chi connectivity index (χ3n) is 4.22. The number of benzene rings is 1. The lowest BCUT2D eigenvalue weighted by Gasteiger charge is -2.19. The molecule has 0 aliphatic rings. The third kappa shape index (κ3) is 7.74. The predicted molar refractivity (Wildman–Crippen MR) is 129 cm³/mol. The van der Waals surface area contributed by atoms with Crippen molar-refractivity contribution < 1.29 is 32.7 Å². The zero-order chi connectivity index (χ0) is 27.2. The Labute approximate surface area is 209 Å². The second kappa shape index (κ2) is 11.2. The Hall–Kier alpha value is -5.01. The van der Waals surface area contributed by atoms with Gasteiger partial charge < -0.3 is 34.7 Å². The summed E-state index contributed by atoms with van der Waals surface area (Å²) >= 11 is 0. The molecule has 3 aromatic rings. The van der Waals surface area contributed by atoms with E-state index in [1.165, 1.54) is 31.2 Å². The Kier molecular flexibility index (Phi) is 8.02. The standard InChI is InChI=1S/C23H24N6O8/c1-12-18(36-22(33)34-12)20(31)35-15-8-6-5-7-13(15)28-29-14-9-10-16(27-19(14)24)26-17(30)11-25-21(32)37-23(2,3)4/h5-10H,11H2,1-4H3,(H,25,32)(H3,24,26,27,30)/b29-28+. The first kappa shape index (κ1) is 26.6. The average molecular weight is 512 g/mol. The number of azo groups is 1. The molecule has 2 amide bonds. The lowest BCUT2D eigenvalue weighted by molar-refractivity contribution is -0.115. The largest absolute Gasteiger partial charge is 0.519 e. The first-order valence-corrected chi connectivity index (χ1v) is 10.8. The van der Waals surface area contributed by atoms with E-state index in [4.69, 9.17) is 15.2 Å². The lowest BCUT2D eigenvalue weighted by atomic mass is 10.2. The molecule has 1 aromatic carbocycles. The number of anilines is 2. The summed E-state index contributed by atoms with van der Waals surface area (Å²) in [5.74, 6) is -2.82. The van der Waals surface area contributed by atoms with Crippen molar-refractivity contribution in [2.75, 3.05) is 17.6 Å². The fourth-order valence-corrected chi connectivity index (χ4v) is 2.69. The molecule has 0 aliphatic heterocycles. The van der Waals surface area contributed by atoms with Crippen LogP contribution in [0.15, 0.2) is 60.3 Å². The van der Waals surface area contributed by atoms with Gasteiger partial charge >= 0.3 is 17.9 Å². The molecule has 0 saturated carbocycles. The minimum atomic E-state index is -1.03. The highest BCUT2D eigenvalue weighted by atomic mass is 16.6. The van der Waals surface area contributed by atoms with Crippen LogP contribution in [0.2, 0.25) is 0 Å². The van der Waals surface area contributed by atoms with Gasteiger partial charge in [0.25, 0.3) is 5.76 Å². The molecule has 2 aromatic heterocycles. The monoisotopic (exact) mass is 512 g/mol. The van der Waals surface area contributed by atoms with Gasteiger partial charge in [-0.2, -0.15) is 0 Å². The number of rotatable bonds is 7. The second-order valence-electron chi connectivity index (χ2n) is 8.40. The highest BCUT2D eigenvalue weighted by molar-refractivity contribution is 5.93. The second-order valence-corrected chi connectivity index (χ2v) is 8.40. The molecule has 194 valence electrons. The van der Waals surface area contributed by atoms with Crippen molar-refractivity contribution in [2.24, 2.45) is 10.2 Å². The first-order chi connectivity index (χ1) is 17.4. The third-order valence-corrected chi connectivity index (χ3v) is 4.22. The maximum Gasteiger partial charge on any atom is 0.519 e. The van der Waals surface area contributed by atoms with E-state index < -0.39 is 29.4 Å². The van der Waals surface area contributed by atoms with Crippen LogP contribution in [-0.2, 0) is 9.53 Å². The molecule has 0 radical (unpaired) electrons. The molecule has 0 bridgehead atoms. The summed E-state index contributed by atoms with van der Waals surface area (Å²) in [6.45, 7) is 6.14. The molecule has 14 nitrogen and oxygen atoms in total. The van der Waals surface area contributed by atoms with E-state index in [1.54, 1.807) is 32.9 Å². The number of nitrogen functional groups attached to an aromatic ring is 1. The molecular formula is C23H24N6O8. The molecule has 4 N–H and O–H groups in total. The van der Waals surface area contributed by atoms with Crippen molar-refractivity contribution in [3.63, 3.8) is 0 Å². The van der Waals surface area contributed by atoms with Crippen LogP contribution < -0.4 is 26.9 Å². The summed E-state index contributed by atoms with van der Waals surface area (Å²) in [5, 5.41) is 12.9. The number of hydrogen-bond acceptors (Lipinski definition) is 12. The number of amides is 2. The number of aromatic nitrogens is 1. The number of para-hydroxylation sites is 1. The van der Waals surface area contributed by atoms with Crippen LogP contribution in [0.3, 0.4) is 0 Å². The number of pyridine rings is 1. The van der Waals surface area contributed by atoms with E-state index in [1.807, 2.05) is 0 Å². The van der Waals surface area contributed by atoms with Crippen LogP contribution in [-0.4, -0.2) is 35.1 Å².